The summed E-state index contributed by atoms with van der Waals surface area (Å²) in [6, 6.07) is 8.84. The zero-order chi connectivity index (χ0) is 16.5. The maximum Gasteiger partial charge on any atom is 0.0249 e. The van der Waals surface area contributed by atoms with Crippen molar-refractivity contribution in [2.24, 2.45) is 5.73 Å². The Hall–Kier alpha value is -0.860. The summed E-state index contributed by atoms with van der Waals surface area (Å²) in [5, 5.41) is 3.43. The molecule has 0 bridgehead atoms. The van der Waals surface area contributed by atoms with E-state index >= 15 is 0 Å². The molecule has 0 aliphatic heterocycles. The van der Waals surface area contributed by atoms with Crippen molar-refractivity contribution in [3.8, 4) is 0 Å². The summed E-state index contributed by atoms with van der Waals surface area (Å²) in [6.45, 7) is 16.9. The molecule has 0 aliphatic rings. The molecule has 2 heteroatoms. The average Bonchev–Trinajstić information content (AvgIpc) is 2.39. The molecule has 21 heavy (non-hydrogen) atoms. The van der Waals surface area contributed by atoms with Gasteiger partial charge in [0.1, 0.15) is 0 Å². The van der Waals surface area contributed by atoms with Crippen LogP contribution in [0.4, 0.5) is 0 Å². The molecular weight excluding hydrogens is 256 g/mol. The topological polar surface area (TPSA) is 38.0 Å². The van der Waals surface area contributed by atoms with E-state index in [1.165, 1.54) is 17.5 Å². The second-order valence-electron chi connectivity index (χ2n) is 7.27. The molecule has 2 nitrogen and oxygen atoms in total. The number of hydrogen-bond acceptors (Lipinski definition) is 2. The molecule has 1 rings (SSSR count). The van der Waals surface area contributed by atoms with Crippen molar-refractivity contribution in [3.05, 3.63) is 35.4 Å². The number of rotatable bonds is 5. The Kier molecular flexibility index (Phi) is 8.84. The molecule has 0 amide bonds. The summed E-state index contributed by atoms with van der Waals surface area (Å²) in [7, 11) is 0. The van der Waals surface area contributed by atoms with E-state index in [9.17, 15) is 0 Å². The van der Waals surface area contributed by atoms with Crippen LogP contribution in [0.25, 0.3) is 0 Å². The molecule has 0 spiro atoms. The smallest absolute Gasteiger partial charge is 0.0249 e. The lowest BCUT2D eigenvalue weighted by Crippen LogP contribution is -2.45. The van der Waals surface area contributed by atoms with Gasteiger partial charge < -0.3 is 11.1 Å². The fraction of sp³-hybridized carbons (Fsp3) is 0.684. The lowest BCUT2D eigenvalue weighted by atomic mass is 9.87. The standard InChI is InChI=1S/C16H28N2.C3H8/c1-6-16(5,17)12-18-11-13-7-9-14(10-8-13)15(2,3)4;1-3-2/h7-10,18H,6,11-12,17H2,1-5H3;3H2,1-2H3. The first-order chi connectivity index (χ1) is 9.66. The largest absolute Gasteiger partial charge is 0.324 e. The van der Waals surface area contributed by atoms with Crippen molar-refractivity contribution >= 4 is 0 Å². The molecule has 122 valence electrons. The van der Waals surface area contributed by atoms with Gasteiger partial charge in [0.05, 0.1) is 0 Å². The monoisotopic (exact) mass is 292 g/mol. The second kappa shape index (κ2) is 9.22. The summed E-state index contributed by atoms with van der Waals surface area (Å²) in [5.41, 5.74) is 8.91. The van der Waals surface area contributed by atoms with E-state index in [2.05, 4.69) is 78.0 Å². The van der Waals surface area contributed by atoms with Gasteiger partial charge in [0.25, 0.3) is 0 Å². The molecule has 1 aromatic carbocycles. The van der Waals surface area contributed by atoms with E-state index in [1.807, 2.05) is 0 Å². The molecular formula is C19H36N2. The SMILES string of the molecule is CCC.CCC(C)(N)CNCc1ccc(C(C)(C)C)cc1. The van der Waals surface area contributed by atoms with E-state index in [0.29, 0.717) is 0 Å². The van der Waals surface area contributed by atoms with E-state index in [1.54, 1.807) is 0 Å². The fourth-order valence-electron chi connectivity index (χ4n) is 1.74. The Balaban J connectivity index is 0.00000122. The van der Waals surface area contributed by atoms with Gasteiger partial charge in [-0.1, -0.05) is 72.2 Å². The van der Waals surface area contributed by atoms with E-state index in [-0.39, 0.29) is 11.0 Å². The van der Waals surface area contributed by atoms with Gasteiger partial charge in [0.15, 0.2) is 0 Å². The van der Waals surface area contributed by atoms with Crippen LogP contribution >= 0.6 is 0 Å². The molecule has 3 N–H and O–H groups in total. The van der Waals surface area contributed by atoms with Crippen LogP contribution in [-0.2, 0) is 12.0 Å². The van der Waals surface area contributed by atoms with Crippen molar-refractivity contribution < 1.29 is 0 Å². The first-order valence-electron chi connectivity index (χ1n) is 8.25. The highest BCUT2D eigenvalue weighted by atomic mass is 14.9. The molecule has 0 saturated carbocycles. The van der Waals surface area contributed by atoms with Gasteiger partial charge in [-0.15, -0.1) is 0 Å². The van der Waals surface area contributed by atoms with Crippen LogP contribution in [0.3, 0.4) is 0 Å². The molecule has 0 aliphatic carbocycles. The number of nitrogens with two attached hydrogens (primary N) is 1. The van der Waals surface area contributed by atoms with Gasteiger partial charge in [-0.05, 0) is 29.9 Å². The van der Waals surface area contributed by atoms with Crippen molar-refractivity contribution in [3.63, 3.8) is 0 Å². The minimum Gasteiger partial charge on any atom is -0.324 e. The first kappa shape index (κ1) is 20.1. The Morgan fingerprint density at radius 3 is 1.81 bits per heavy atom. The van der Waals surface area contributed by atoms with E-state index < -0.39 is 0 Å². The second-order valence-corrected chi connectivity index (χ2v) is 7.27. The van der Waals surface area contributed by atoms with Gasteiger partial charge in [-0.2, -0.15) is 0 Å². The normalized spacial score (nSPS) is 14.1. The number of hydrogen-bond donors (Lipinski definition) is 2. The van der Waals surface area contributed by atoms with Crippen molar-refractivity contribution in [2.45, 2.75) is 78.8 Å². The Morgan fingerprint density at radius 1 is 0.952 bits per heavy atom. The van der Waals surface area contributed by atoms with Crippen LogP contribution in [0.1, 0.15) is 72.4 Å². The van der Waals surface area contributed by atoms with Gasteiger partial charge in [0, 0.05) is 18.6 Å². The third-order valence-corrected chi connectivity index (χ3v) is 3.49. The predicted molar refractivity (Wildman–Crippen MR) is 95.7 cm³/mol. The van der Waals surface area contributed by atoms with Crippen LogP contribution in [0.5, 0.6) is 0 Å². The van der Waals surface area contributed by atoms with E-state index in [0.717, 1.165) is 19.5 Å². The molecule has 1 aromatic rings. The highest BCUT2D eigenvalue weighted by Crippen LogP contribution is 2.22. The Morgan fingerprint density at radius 2 is 1.43 bits per heavy atom. The van der Waals surface area contributed by atoms with Crippen LogP contribution in [0.2, 0.25) is 0 Å². The highest BCUT2D eigenvalue weighted by molar-refractivity contribution is 5.27. The zero-order valence-electron chi connectivity index (χ0n) is 15.2. The summed E-state index contributed by atoms with van der Waals surface area (Å²) >= 11 is 0. The molecule has 1 atom stereocenters. The third-order valence-electron chi connectivity index (χ3n) is 3.49. The van der Waals surface area contributed by atoms with Gasteiger partial charge in [0.2, 0.25) is 0 Å². The lowest BCUT2D eigenvalue weighted by molar-refractivity contribution is 0.416. The summed E-state index contributed by atoms with van der Waals surface area (Å²) in [6.07, 6.45) is 2.24. The predicted octanol–water partition coefficient (Wildman–Crippen LogP) is 4.62. The summed E-state index contributed by atoms with van der Waals surface area (Å²) < 4.78 is 0. The average molecular weight is 293 g/mol. The third kappa shape index (κ3) is 8.90. The van der Waals surface area contributed by atoms with Crippen LogP contribution in [0, 0.1) is 0 Å². The van der Waals surface area contributed by atoms with Crippen molar-refractivity contribution in [1.29, 1.82) is 0 Å². The number of benzene rings is 1. The van der Waals surface area contributed by atoms with Crippen LogP contribution < -0.4 is 11.1 Å². The zero-order valence-corrected chi connectivity index (χ0v) is 15.2. The molecule has 0 fully saturated rings. The molecule has 0 aromatic heterocycles. The van der Waals surface area contributed by atoms with Crippen LogP contribution in [0.15, 0.2) is 24.3 Å². The van der Waals surface area contributed by atoms with Gasteiger partial charge in [-0.3, -0.25) is 0 Å². The van der Waals surface area contributed by atoms with E-state index in [4.69, 9.17) is 5.73 Å². The first-order valence-corrected chi connectivity index (χ1v) is 8.25. The van der Waals surface area contributed by atoms with Gasteiger partial charge >= 0.3 is 0 Å². The molecule has 0 heterocycles. The molecule has 1 unspecified atom stereocenters. The highest BCUT2D eigenvalue weighted by Gasteiger charge is 2.15. The quantitative estimate of drug-likeness (QED) is 0.831. The fourth-order valence-corrected chi connectivity index (χ4v) is 1.74. The summed E-state index contributed by atoms with van der Waals surface area (Å²) in [4.78, 5) is 0. The number of nitrogens with one attached hydrogen (secondary N) is 1. The van der Waals surface area contributed by atoms with Crippen molar-refractivity contribution in [1.82, 2.24) is 5.32 Å². The Labute approximate surface area is 132 Å². The molecule has 0 radical (unpaired) electrons. The van der Waals surface area contributed by atoms with Crippen LogP contribution in [-0.4, -0.2) is 12.1 Å². The minimum absolute atomic E-state index is 0.106. The minimum atomic E-state index is -0.106. The van der Waals surface area contributed by atoms with Gasteiger partial charge in [-0.25, -0.2) is 0 Å². The maximum atomic E-state index is 6.10. The maximum absolute atomic E-state index is 6.10. The summed E-state index contributed by atoms with van der Waals surface area (Å²) in [5.74, 6) is 0. The lowest BCUT2D eigenvalue weighted by Gasteiger charge is -2.23. The Bertz CT molecular complexity index is 372. The van der Waals surface area contributed by atoms with Crippen molar-refractivity contribution in [2.75, 3.05) is 6.54 Å². The molecule has 0 saturated heterocycles.